The van der Waals surface area contributed by atoms with Gasteiger partial charge in [-0.3, -0.25) is 9.69 Å². The zero-order valence-electron chi connectivity index (χ0n) is 23.3. The Morgan fingerprint density at radius 1 is 1.09 bits per heavy atom. The van der Waals surface area contributed by atoms with E-state index in [0.717, 1.165) is 5.56 Å². The van der Waals surface area contributed by atoms with Gasteiger partial charge in [0.05, 0.1) is 17.1 Å². The molecule has 5 rings (SSSR count). The molecule has 3 amide bonds. The Morgan fingerprint density at radius 3 is 2.50 bits per heavy atom. The van der Waals surface area contributed by atoms with Crippen molar-refractivity contribution in [2.45, 2.75) is 18.5 Å². The Kier molecular flexibility index (Phi) is 9.44. The van der Waals surface area contributed by atoms with Crippen molar-refractivity contribution in [3.63, 3.8) is 0 Å². The number of carbonyl (C=O) groups is 2. The number of benzene rings is 3. The van der Waals surface area contributed by atoms with Crippen molar-refractivity contribution in [2.24, 2.45) is 4.99 Å². The van der Waals surface area contributed by atoms with Gasteiger partial charge < -0.3 is 14.8 Å². The van der Waals surface area contributed by atoms with Crippen LogP contribution in [0.5, 0.6) is 11.5 Å². The molecule has 0 aliphatic carbocycles. The van der Waals surface area contributed by atoms with Gasteiger partial charge in [-0.2, -0.15) is 16.8 Å². The number of urea groups is 1. The van der Waals surface area contributed by atoms with Crippen LogP contribution in [0.25, 0.3) is 17.1 Å². The smallest absolute Gasteiger partial charge is 0.473 e. The number of amidine groups is 1. The van der Waals surface area contributed by atoms with Gasteiger partial charge in [-0.1, -0.05) is 30.0 Å². The lowest BCUT2D eigenvalue weighted by atomic mass is 10.1. The first kappa shape index (κ1) is 30.9. The van der Waals surface area contributed by atoms with E-state index in [9.17, 15) is 22.8 Å². The van der Waals surface area contributed by atoms with Gasteiger partial charge in [-0.05, 0) is 73.3 Å². The molecule has 0 radical (unpaired) electrons. The highest BCUT2D eigenvalue weighted by Gasteiger charge is 2.33. The van der Waals surface area contributed by atoms with E-state index in [-0.39, 0.29) is 29.4 Å². The maximum atomic E-state index is 12.7. The van der Waals surface area contributed by atoms with Gasteiger partial charge in [-0.25, -0.2) is 14.5 Å². The van der Waals surface area contributed by atoms with Gasteiger partial charge in [0.25, 0.3) is 0 Å². The maximum Gasteiger partial charge on any atom is 0.573 e. The summed E-state index contributed by atoms with van der Waals surface area (Å²) in [6, 6.07) is 19.0. The van der Waals surface area contributed by atoms with E-state index >= 15 is 0 Å². The summed E-state index contributed by atoms with van der Waals surface area (Å²) in [5, 5.41) is 7.39. The second-order valence-corrected chi connectivity index (χ2v) is 11.3. The number of anilines is 1. The molecule has 1 aliphatic heterocycles. The molecule has 15 heteroatoms. The van der Waals surface area contributed by atoms with E-state index in [2.05, 4.69) is 32.1 Å². The van der Waals surface area contributed by atoms with Gasteiger partial charge in [-0.15, -0.1) is 18.3 Å². The number of hydrogen-bond donors (Lipinski definition) is 1. The van der Waals surface area contributed by atoms with E-state index in [1.54, 1.807) is 36.0 Å². The molecule has 1 atom stereocenters. The fourth-order valence-corrected chi connectivity index (χ4v) is 5.48. The third-order valence-electron chi connectivity index (χ3n) is 6.33. The van der Waals surface area contributed by atoms with Gasteiger partial charge in [0.2, 0.25) is 5.91 Å². The summed E-state index contributed by atoms with van der Waals surface area (Å²) in [6.45, 7) is 1.89. The number of halogens is 3. The minimum atomic E-state index is -4.77. The highest BCUT2D eigenvalue weighted by Crippen LogP contribution is 2.37. The molecule has 1 N–H and O–H groups in total. The van der Waals surface area contributed by atoms with Gasteiger partial charge in [0.15, 0.2) is 17.7 Å². The molecule has 44 heavy (non-hydrogen) atoms. The molecule has 3 aromatic carbocycles. The van der Waals surface area contributed by atoms with E-state index in [0.29, 0.717) is 33.7 Å². The monoisotopic (exact) mass is 642 g/mol. The van der Waals surface area contributed by atoms with Gasteiger partial charge >= 0.3 is 12.4 Å². The number of aromatic nitrogens is 3. The predicted octanol–water partition coefficient (Wildman–Crippen LogP) is 6.44. The first-order chi connectivity index (χ1) is 21.1. The van der Waals surface area contributed by atoms with Crippen LogP contribution in [0.15, 0.2) is 84.1 Å². The average Bonchev–Trinajstić information content (AvgIpc) is 3.64. The largest absolute Gasteiger partial charge is 0.573 e. The van der Waals surface area contributed by atoms with Crippen LogP contribution in [-0.2, 0) is 4.79 Å². The normalized spacial score (nSPS) is 15.0. The second-order valence-electron chi connectivity index (χ2n) is 9.20. The summed E-state index contributed by atoms with van der Waals surface area (Å²) in [4.78, 5) is 35.1. The van der Waals surface area contributed by atoms with Crippen molar-refractivity contribution in [1.29, 1.82) is 0 Å². The summed E-state index contributed by atoms with van der Waals surface area (Å²) in [7, 11) is 0. The molecule has 1 aliphatic rings. The molecule has 0 saturated carbocycles. The minimum absolute atomic E-state index is 0.147. The number of para-hydroxylation sites is 1. The molecular weight excluding hydrogens is 617 g/mol. The Morgan fingerprint density at radius 2 is 1.80 bits per heavy atom. The van der Waals surface area contributed by atoms with Crippen molar-refractivity contribution in [2.75, 3.05) is 23.6 Å². The number of alkyl halides is 3. The molecule has 4 aromatic rings. The van der Waals surface area contributed by atoms with E-state index < -0.39 is 12.4 Å². The molecule has 10 nitrogen and oxygen atoms in total. The van der Waals surface area contributed by atoms with E-state index in [4.69, 9.17) is 4.74 Å². The standard InChI is InChI=1S/C29H25F3N6O4S2/c1-18(43-2)23-5-3-4-6-24(23)38-25(39)15-44-28(38)35-27(40)34-17-41-21-11-7-19(8-12-21)26-33-16-37(36-26)20-9-13-22(14-10-20)42-29(30,31)32/h3-14,16,18H,15,17H2,1-2H3,(H,34,40). The fraction of sp³-hybridized carbons (Fsp3) is 0.207. The molecule has 0 bridgehead atoms. The van der Waals surface area contributed by atoms with Crippen LogP contribution in [0.2, 0.25) is 0 Å². The van der Waals surface area contributed by atoms with E-state index in [1.807, 2.05) is 30.5 Å². The average molecular weight is 643 g/mol. The van der Waals surface area contributed by atoms with Crippen LogP contribution in [0, 0.1) is 0 Å². The van der Waals surface area contributed by atoms with Crippen LogP contribution in [-0.4, -0.2) is 57.0 Å². The summed E-state index contributed by atoms with van der Waals surface area (Å²) < 4.78 is 48.1. The highest BCUT2D eigenvalue weighted by molar-refractivity contribution is 8.15. The van der Waals surface area contributed by atoms with Crippen LogP contribution < -0.4 is 19.7 Å². The number of thioether (sulfide) groups is 2. The molecule has 1 unspecified atom stereocenters. The summed E-state index contributed by atoms with van der Waals surface area (Å²) in [5.41, 5.74) is 2.86. The number of nitrogens with zero attached hydrogens (tertiary/aromatic N) is 5. The van der Waals surface area contributed by atoms with Crippen LogP contribution in [0.4, 0.5) is 23.7 Å². The Labute approximate surface area is 258 Å². The SMILES string of the molecule is CSC(C)c1ccccc1N1C(=O)CSC1=NC(=O)NCOc1ccc(-c2ncn(-c3ccc(OC(F)(F)F)cc3)n2)cc1. The Hall–Kier alpha value is -4.50. The van der Waals surface area contributed by atoms with Gasteiger partial charge in [0, 0.05) is 10.8 Å². The van der Waals surface area contributed by atoms with Crippen molar-refractivity contribution in [1.82, 2.24) is 20.1 Å². The first-order valence-electron chi connectivity index (χ1n) is 13.1. The molecule has 2 heterocycles. The number of nitrogens with one attached hydrogen (secondary N) is 1. The zero-order chi connectivity index (χ0) is 31.3. The summed E-state index contributed by atoms with van der Waals surface area (Å²) in [5.74, 6) is 0.558. The molecule has 1 aromatic heterocycles. The highest BCUT2D eigenvalue weighted by atomic mass is 32.2. The van der Waals surface area contributed by atoms with Crippen molar-refractivity contribution >= 4 is 46.3 Å². The number of hydrogen-bond acceptors (Lipinski definition) is 8. The van der Waals surface area contributed by atoms with Crippen molar-refractivity contribution < 1.29 is 32.2 Å². The predicted molar refractivity (Wildman–Crippen MR) is 163 cm³/mol. The van der Waals surface area contributed by atoms with Crippen LogP contribution in [0.3, 0.4) is 0 Å². The molecule has 228 valence electrons. The lowest BCUT2D eigenvalue weighted by molar-refractivity contribution is -0.274. The van der Waals surface area contributed by atoms with Gasteiger partial charge in [0.1, 0.15) is 17.8 Å². The second kappa shape index (κ2) is 13.4. The fourth-order valence-electron chi connectivity index (χ4n) is 4.17. The number of aliphatic imine (C=N–C) groups is 1. The Balaban J connectivity index is 1.17. The third kappa shape index (κ3) is 7.52. The summed E-state index contributed by atoms with van der Waals surface area (Å²) >= 11 is 2.86. The van der Waals surface area contributed by atoms with Crippen LogP contribution in [0.1, 0.15) is 17.7 Å². The summed E-state index contributed by atoms with van der Waals surface area (Å²) in [6.07, 6.45) is -1.33. The third-order valence-corrected chi connectivity index (χ3v) is 8.22. The maximum absolute atomic E-state index is 12.7. The number of amides is 3. The quantitative estimate of drug-likeness (QED) is 0.208. The number of carbonyl (C=O) groups excluding carboxylic acids is 2. The zero-order valence-corrected chi connectivity index (χ0v) is 24.9. The van der Waals surface area contributed by atoms with E-state index in [1.165, 1.54) is 51.9 Å². The molecule has 1 fully saturated rings. The van der Waals surface area contributed by atoms with Crippen molar-refractivity contribution in [3.05, 3.63) is 84.7 Å². The van der Waals surface area contributed by atoms with Crippen molar-refractivity contribution in [3.8, 4) is 28.6 Å². The molecule has 0 spiro atoms. The Bertz CT molecular complexity index is 1660. The van der Waals surface area contributed by atoms with Crippen LogP contribution >= 0.6 is 23.5 Å². The number of rotatable bonds is 9. The molecular formula is C29H25F3N6O4S2. The molecule has 1 saturated heterocycles. The topological polar surface area (TPSA) is 111 Å². The lowest BCUT2D eigenvalue weighted by Crippen LogP contribution is -2.33. The minimum Gasteiger partial charge on any atom is -0.473 e. The first-order valence-corrected chi connectivity index (χ1v) is 15.3. The number of ether oxygens (including phenoxy) is 2. The lowest BCUT2D eigenvalue weighted by Gasteiger charge is -2.22.